The summed E-state index contributed by atoms with van der Waals surface area (Å²) >= 11 is 0. The van der Waals surface area contributed by atoms with E-state index in [4.69, 9.17) is 0 Å². The van der Waals surface area contributed by atoms with Crippen molar-refractivity contribution in [2.45, 2.75) is 252 Å². The number of unbranched alkanes of at least 4 members (excludes halogenated alkanes) is 31. The molecular formula is C42H84LiNO2. The minimum absolute atomic E-state index is 0. The summed E-state index contributed by atoms with van der Waals surface area (Å²) in [5.74, 6) is -0.851. The molecule has 0 aromatic carbocycles. The molecule has 0 fully saturated rings. The number of rotatable bonds is 39. The Balaban J connectivity index is 0. The number of nitrogens with zero attached hydrogens (tertiary/aromatic N) is 1. The monoisotopic (exact) mass is 642 g/mol. The normalized spacial score (nSPS) is 12.1. The van der Waals surface area contributed by atoms with Crippen molar-refractivity contribution in [1.82, 2.24) is 4.90 Å². The molecule has 0 radical (unpaired) electrons. The molecule has 3 nitrogen and oxygen atoms in total. The summed E-state index contributed by atoms with van der Waals surface area (Å²) in [5, 5.41) is 12.0. The molecule has 0 spiro atoms. The Kier molecular flexibility index (Phi) is 43.1. The summed E-state index contributed by atoms with van der Waals surface area (Å²) in [6.07, 6.45) is 46.8. The van der Waals surface area contributed by atoms with E-state index in [1.54, 1.807) is 0 Å². The first-order valence-corrected chi connectivity index (χ1v) is 21.1. The van der Waals surface area contributed by atoms with Crippen LogP contribution in [0, 0.1) is 0 Å². The topological polar surface area (TPSA) is 43.4 Å². The molecule has 0 amide bonds. The Morgan fingerprint density at radius 1 is 0.391 bits per heavy atom. The van der Waals surface area contributed by atoms with Crippen molar-refractivity contribution in [3.05, 3.63) is 0 Å². The summed E-state index contributed by atoms with van der Waals surface area (Å²) in [6.45, 7) is 8.60. The number of carboxylic acid groups (broad SMARTS) is 1. The third-order valence-electron chi connectivity index (χ3n) is 10.1. The fourth-order valence-electron chi connectivity index (χ4n) is 7.00. The van der Waals surface area contributed by atoms with Gasteiger partial charge in [0.25, 0.3) is 0 Å². The van der Waals surface area contributed by atoms with Crippen molar-refractivity contribution in [2.24, 2.45) is 0 Å². The molecule has 4 heteroatoms. The van der Waals surface area contributed by atoms with Gasteiger partial charge >= 0.3 is 18.9 Å². The van der Waals surface area contributed by atoms with Crippen molar-refractivity contribution in [1.29, 1.82) is 0 Å². The summed E-state index contributed by atoms with van der Waals surface area (Å²) in [6, 6.07) is -0.391. The smallest absolute Gasteiger partial charge is 0.548 e. The predicted molar refractivity (Wildman–Crippen MR) is 199 cm³/mol. The van der Waals surface area contributed by atoms with Crippen LogP contribution in [0.4, 0.5) is 0 Å². The summed E-state index contributed by atoms with van der Waals surface area (Å²) in [5.41, 5.74) is 0. The first-order chi connectivity index (χ1) is 22.2. The van der Waals surface area contributed by atoms with Gasteiger partial charge in [-0.15, -0.1) is 0 Å². The van der Waals surface area contributed by atoms with Gasteiger partial charge in [-0.1, -0.05) is 226 Å². The van der Waals surface area contributed by atoms with Crippen LogP contribution < -0.4 is 24.0 Å². The molecule has 0 heterocycles. The van der Waals surface area contributed by atoms with Crippen molar-refractivity contribution < 1.29 is 28.8 Å². The predicted octanol–water partition coefficient (Wildman–Crippen LogP) is 10.1. The van der Waals surface area contributed by atoms with Crippen molar-refractivity contribution in [3.8, 4) is 0 Å². The third kappa shape index (κ3) is 35.3. The second kappa shape index (κ2) is 41.2. The van der Waals surface area contributed by atoms with Crippen LogP contribution in [0.25, 0.3) is 0 Å². The van der Waals surface area contributed by atoms with Crippen molar-refractivity contribution >= 4 is 5.97 Å². The zero-order chi connectivity index (χ0) is 32.9. The molecule has 1 unspecified atom stereocenters. The number of aliphatic carboxylic acids is 1. The first kappa shape index (κ1) is 48.1. The van der Waals surface area contributed by atoms with Gasteiger partial charge in [0.05, 0.1) is 5.97 Å². The van der Waals surface area contributed by atoms with Crippen LogP contribution in [-0.4, -0.2) is 30.0 Å². The zero-order valence-electron chi connectivity index (χ0n) is 32.5. The van der Waals surface area contributed by atoms with Gasteiger partial charge in [0.2, 0.25) is 0 Å². The molecule has 46 heavy (non-hydrogen) atoms. The Hall–Kier alpha value is 0.0274. The van der Waals surface area contributed by atoms with E-state index in [1.165, 1.54) is 193 Å². The van der Waals surface area contributed by atoms with E-state index in [2.05, 4.69) is 25.7 Å². The standard InChI is InChI=1S/C42H85NO2.Li/c1-4-7-10-12-14-16-18-20-22-24-26-28-30-32-34-36-39-43(41(42(44)45)38-9-6-3)40-37-35-33-31-29-27-25-23-21-19-17-15-13-11-8-5-2;/h41H,4-40H2,1-3H3,(H,44,45);/q;+1/p-1. The van der Waals surface area contributed by atoms with Gasteiger partial charge in [-0.3, -0.25) is 4.90 Å². The Morgan fingerprint density at radius 2 is 0.609 bits per heavy atom. The van der Waals surface area contributed by atoms with Gasteiger partial charge in [0, 0.05) is 6.04 Å². The fourth-order valence-corrected chi connectivity index (χ4v) is 7.00. The van der Waals surface area contributed by atoms with Crippen LogP contribution in [0.15, 0.2) is 0 Å². The minimum Gasteiger partial charge on any atom is -0.548 e. The SMILES string of the molecule is CCCCCCCCCCCCCCCCCCN(CCCCCCCCCCCCCCCCCC)C(CCCC)C(=O)[O-].[Li+]. The summed E-state index contributed by atoms with van der Waals surface area (Å²) < 4.78 is 0. The second-order valence-corrected chi connectivity index (χ2v) is 14.6. The van der Waals surface area contributed by atoms with Crippen LogP contribution in [-0.2, 0) is 4.79 Å². The van der Waals surface area contributed by atoms with Crippen molar-refractivity contribution in [3.63, 3.8) is 0 Å². The number of hydrogen-bond acceptors (Lipinski definition) is 3. The molecule has 0 saturated heterocycles. The van der Waals surface area contributed by atoms with E-state index in [0.717, 1.165) is 45.2 Å². The maximum absolute atomic E-state index is 12.0. The number of carbonyl (C=O) groups is 1. The first-order valence-electron chi connectivity index (χ1n) is 21.1. The molecule has 1 atom stereocenters. The van der Waals surface area contributed by atoms with Gasteiger partial charge in [-0.2, -0.15) is 0 Å². The van der Waals surface area contributed by atoms with Crippen molar-refractivity contribution in [2.75, 3.05) is 13.1 Å². The molecule has 0 saturated carbocycles. The molecule has 0 N–H and O–H groups in total. The van der Waals surface area contributed by atoms with Gasteiger partial charge < -0.3 is 9.90 Å². The molecule has 0 aromatic heterocycles. The van der Waals surface area contributed by atoms with Gasteiger partial charge in [-0.25, -0.2) is 0 Å². The van der Waals surface area contributed by atoms with E-state index in [0.29, 0.717) is 0 Å². The average molecular weight is 642 g/mol. The van der Waals surface area contributed by atoms with Gasteiger partial charge in [0.15, 0.2) is 0 Å². The molecule has 0 rings (SSSR count). The summed E-state index contributed by atoms with van der Waals surface area (Å²) in [4.78, 5) is 14.3. The maximum Gasteiger partial charge on any atom is 1.00 e. The average Bonchev–Trinajstić information content (AvgIpc) is 3.03. The second-order valence-electron chi connectivity index (χ2n) is 14.6. The van der Waals surface area contributed by atoms with Gasteiger partial charge in [0.1, 0.15) is 0 Å². The molecule has 0 aliphatic carbocycles. The van der Waals surface area contributed by atoms with E-state index in [1.807, 2.05) is 0 Å². The van der Waals surface area contributed by atoms with Crippen LogP contribution in [0.1, 0.15) is 245 Å². The van der Waals surface area contributed by atoms with Gasteiger partial charge in [-0.05, 0) is 32.4 Å². The largest absolute Gasteiger partial charge is 1.00 e. The van der Waals surface area contributed by atoms with E-state index in [-0.39, 0.29) is 18.9 Å². The molecule has 0 aromatic rings. The minimum atomic E-state index is -0.851. The van der Waals surface area contributed by atoms with Crippen LogP contribution >= 0.6 is 0 Å². The van der Waals surface area contributed by atoms with E-state index >= 15 is 0 Å². The van der Waals surface area contributed by atoms with E-state index < -0.39 is 12.0 Å². The molecule has 270 valence electrons. The van der Waals surface area contributed by atoms with Crippen LogP contribution in [0.2, 0.25) is 0 Å². The molecule has 0 aliphatic heterocycles. The number of carbonyl (C=O) groups excluding carboxylic acids is 1. The quantitative estimate of drug-likeness (QED) is 0.0496. The number of carboxylic acids is 1. The fraction of sp³-hybridized carbons (Fsp3) is 0.976. The Morgan fingerprint density at radius 3 is 0.826 bits per heavy atom. The molecule has 0 bridgehead atoms. The zero-order valence-corrected chi connectivity index (χ0v) is 32.5. The Bertz CT molecular complexity index is 536. The maximum atomic E-state index is 12.0. The van der Waals surface area contributed by atoms with Crippen LogP contribution in [0.3, 0.4) is 0 Å². The number of hydrogen-bond donors (Lipinski definition) is 0. The van der Waals surface area contributed by atoms with Crippen LogP contribution in [0.5, 0.6) is 0 Å². The molecule has 0 aliphatic rings. The van der Waals surface area contributed by atoms with E-state index in [9.17, 15) is 9.90 Å². The summed E-state index contributed by atoms with van der Waals surface area (Å²) in [7, 11) is 0. The third-order valence-corrected chi connectivity index (χ3v) is 10.1. The molecular weight excluding hydrogens is 557 g/mol. The Labute approximate surface area is 303 Å².